The van der Waals surface area contributed by atoms with Crippen LogP contribution in [0.25, 0.3) is 0 Å². The predicted octanol–water partition coefficient (Wildman–Crippen LogP) is 9.26. The fourth-order valence-corrected chi connectivity index (χ4v) is 6.57. The minimum Gasteiger partial charge on any atom is -0.543 e. The molecule has 0 atom stereocenters. The molecule has 2 N–H and O–H groups in total. The molecule has 0 amide bonds. The van der Waals surface area contributed by atoms with Crippen LogP contribution in [-0.2, 0) is 37.9 Å². The van der Waals surface area contributed by atoms with Crippen molar-refractivity contribution < 1.29 is 66.4 Å². The van der Waals surface area contributed by atoms with Crippen LogP contribution in [0.2, 0.25) is 36.3 Å². The van der Waals surface area contributed by atoms with Gasteiger partial charge < -0.3 is 66.4 Å². The maximum absolute atomic E-state index is 9.30. The number of phenolic OH excluding ortho intramolecular Hbond substituents is 2. The predicted molar refractivity (Wildman–Crippen MR) is 250 cm³/mol. The lowest BCUT2D eigenvalue weighted by atomic mass is 10.2. The van der Waals surface area contributed by atoms with Gasteiger partial charge in [-0.25, -0.2) is 0 Å². The lowest BCUT2D eigenvalue weighted by molar-refractivity contribution is -0.00451. The monoisotopic (exact) mass is 917 g/mol. The van der Waals surface area contributed by atoms with Crippen molar-refractivity contribution in [2.24, 2.45) is 0 Å². The molecule has 0 saturated heterocycles. The summed E-state index contributed by atoms with van der Waals surface area (Å²) in [4.78, 5) is 0. The summed E-state index contributed by atoms with van der Waals surface area (Å²) >= 11 is 0. The zero-order valence-electron chi connectivity index (χ0n) is 40.4. The summed E-state index contributed by atoms with van der Waals surface area (Å²) in [6, 6.07) is 10.0. The zero-order chi connectivity index (χ0) is 46.3. The quantitative estimate of drug-likeness (QED) is 0.0507. The van der Waals surface area contributed by atoms with E-state index in [0.29, 0.717) is 111 Å². The van der Waals surface area contributed by atoms with Gasteiger partial charge in [-0.3, -0.25) is 0 Å². The van der Waals surface area contributed by atoms with Crippen LogP contribution < -0.4 is 18.3 Å². The summed E-state index contributed by atoms with van der Waals surface area (Å²) in [6.07, 6.45) is 2.04. The molecule has 2 rings (SSSR count). The molecule has 0 aliphatic rings. The average molecular weight is 917 g/mol. The largest absolute Gasteiger partial charge is 0.543 e. The van der Waals surface area contributed by atoms with Crippen molar-refractivity contribution in [3.05, 3.63) is 36.4 Å². The van der Waals surface area contributed by atoms with E-state index >= 15 is 0 Å². The van der Waals surface area contributed by atoms with Crippen molar-refractivity contribution >= 4 is 16.6 Å². The second-order valence-electron chi connectivity index (χ2n) is 17.6. The highest BCUT2D eigenvalue weighted by Gasteiger charge is 2.40. The van der Waals surface area contributed by atoms with E-state index in [9.17, 15) is 10.2 Å². The highest BCUT2D eigenvalue weighted by molar-refractivity contribution is 6.75. The Balaban J connectivity index is 0.000000687. The molecule has 0 unspecified atom stereocenters. The second kappa shape index (κ2) is 32.1. The molecule has 360 valence electrons. The molecular weight excluding hydrogens is 833 g/mol. The van der Waals surface area contributed by atoms with Gasteiger partial charge in [-0.15, -0.1) is 0 Å². The summed E-state index contributed by atoms with van der Waals surface area (Å²) in [6.45, 7) is 36.4. The number of hydrogen-bond acceptors (Lipinski definition) is 14. The Bertz CT molecular complexity index is 1350. The van der Waals surface area contributed by atoms with Gasteiger partial charge in [0.25, 0.3) is 0 Å². The fraction of sp³-hybridized carbons (Fsp3) is 0.739. The molecule has 0 spiro atoms. The minimum atomic E-state index is -2.01. The number of rotatable bonds is 34. The first-order chi connectivity index (χ1) is 29.3. The highest BCUT2D eigenvalue weighted by Crippen LogP contribution is 2.42. The molecule has 0 radical (unpaired) electrons. The van der Waals surface area contributed by atoms with Crippen molar-refractivity contribution in [3.8, 4) is 34.5 Å². The second-order valence-corrected chi connectivity index (χ2v) is 27.1. The molecule has 0 fully saturated rings. The smallest absolute Gasteiger partial charge is 0.250 e. The molecule has 0 bridgehead atoms. The van der Waals surface area contributed by atoms with E-state index < -0.39 is 16.6 Å². The maximum Gasteiger partial charge on any atom is 0.250 e. The molecule has 2 aromatic rings. The lowest BCUT2D eigenvalue weighted by Gasteiger charge is -2.38. The first-order valence-corrected chi connectivity index (χ1v) is 28.1. The standard InChI is InChI=1S/C29H56O7Si2.C17H28O7/c1-12-13-30-14-15-31-16-17-32-18-19-33-20-21-34-25-22-26(35-37(8,9)28(2,3)4)24-27(23-25)36-38(10,11)29(5,6)7;1-2-3-20-4-5-21-6-7-22-8-9-23-10-11-24-17-13-15(18)12-16(19)14-17/h22-24H,12-21H2,1-11H3;12-14,18-19H,2-11H2,1H3. The van der Waals surface area contributed by atoms with Gasteiger partial charge in [0, 0.05) is 49.6 Å². The Hall–Kier alpha value is -2.65. The summed E-state index contributed by atoms with van der Waals surface area (Å²) < 4.78 is 68.0. The minimum absolute atomic E-state index is 0.0431. The van der Waals surface area contributed by atoms with Crippen LogP contribution in [0, 0.1) is 0 Å². The van der Waals surface area contributed by atoms with E-state index in [1.54, 1.807) is 0 Å². The Kier molecular flexibility index (Phi) is 29.7. The summed E-state index contributed by atoms with van der Waals surface area (Å²) in [5.41, 5.74) is 0. The SMILES string of the molecule is CCCOCCOCCOCCOCCOc1cc(O)cc(O)c1.CCCOCCOCCOCCOCCOc1cc(O[Si](C)(C)C(C)(C)C)cc(O[Si](C)(C)C(C)(C)C)c1. The first-order valence-electron chi connectivity index (χ1n) is 22.2. The van der Waals surface area contributed by atoms with Crippen LogP contribution in [0.3, 0.4) is 0 Å². The third kappa shape index (κ3) is 27.5. The van der Waals surface area contributed by atoms with Crippen LogP contribution in [0.4, 0.5) is 0 Å². The van der Waals surface area contributed by atoms with E-state index in [0.717, 1.165) is 43.3 Å². The molecule has 0 aromatic heterocycles. The van der Waals surface area contributed by atoms with Crippen molar-refractivity contribution in [1.29, 1.82) is 0 Å². The topological polar surface area (TPSA) is 151 Å². The molecule has 16 heteroatoms. The van der Waals surface area contributed by atoms with Crippen molar-refractivity contribution in [3.63, 3.8) is 0 Å². The number of phenols is 2. The highest BCUT2D eigenvalue weighted by atomic mass is 28.4. The van der Waals surface area contributed by atoms with Gasteiger partial charge in [0.05, 0.1) is 92.5 Å². The van der Waals surface area contributed by atoms with Gasteiger partial charge in [0.15, 0.2) is 0 Å². The van der Waals surface area contributed by atoms with Gasteiger partial charge in [-0.05, 0) is 49.1 Å². The van der Waals surface area contributed by atoms with Gasteiger partial charge >= 0.3 is 0 Å². The molecule has 62 heavy (non-hydrogen) atoms. The van der Waals surface area contributed by atoms with E-state index in [-0.39, 0.29) is 21.6 Å². The average Bonchev–Trinajstić information content (AvgIpc) is 3.17. The molecule has 0 heterocycles. The Morgan fingerprint density at radius 3 is 0.871 bits per heavy atom. The Morgan fingerprint density at radius 1 is 0.355 bits per heavy atom. The first kappa shape index (κ1) is 57.4. The lowest BCUT2D eigenvalue weighted by Crippen LogP contribution is -2.44. The van der Waals surface area contributed by atoms with Crippen molar-refractivity contribution in [2.75, 3.05) is 119 Å². The number of hydrogen-bond donors (Lipinski definition) is 2. The van der Waals surface area contributed by atoms with Crippen LogP contribution in [-0.4, -0.2) is 146 Å². The Labute approximate surface area is 376 Å². The van der Waals surface area contributed by atoms with Gasteiger partial charge in [-0.1, -0.05) is 55.4 Å². The van der Waals surface area contributed by atoms with Crippen molar-refractivity contribution in [2.45, 2.75) is 104 Å². The number of ether oxygens (including phenoxy) is 10. The van der Waals surface area contributed by atoms with E-state index in [1.165, 1.54) is 18.2 Å². The van der Waals surface area contributed by atoms with Crippen LogP contribution in [0.15, 0.2) is 36.4 Å². The molecular formula is C46H84O14Si2. The molecule has 2 aromatic carbocycles. The van der Waals surface area contributed by atoms with Gasteiger partial charge in [0.1, 0.15) is 47.7 Å². The molecule has 14 nitrogen and oxygen atoms in total. The maximum atomic E-state index is 9.30. The normalized spacial score (nSPS) is 12.2. The molecule has 0 aliphatic heterocycles. The van der Waals surface area contributed by atoms with Crippen LogP contribution in [0.1, 0.15) is 68.2 Å². The third-order valence-corrected chi connectivity index (χ3v) is 18.7. The van der Waals surface area contributed by atoms with E-state index in [2.05, 4.69) is 81.6 Å². The summed E-state index contributed by atoms with van der Waals surface area (Å²) in [5, 5.41) is 18.8. The van der Waals surface area contributed by atoms with Crippen molar-refractivity contribution in [1.82, 2.24) is 0 Å². The summed E-state index contributed by atoms with van der Waals surface area (Å²) in [7, 11) is -4.03. The summed E-state index contributed by atoms with van der Waals surface area (Å²) in [5.74, 6) is 2.65. The van der Waals surface area contributed by atoms with E-state index in [4.69, 9.17) is 56.2 Å². The fourth-order valence-electron chi connectivity index (χ4n) is 4.54. The van der Waals surface area contributed by atoms with Crippen LogP contribution in [0.5, 0.6) is 34.5 Å². The number of benzene rings is 2. The van der Waals surface area contributed by atoms with Gasteiger partial charge in [0.2, 0.25) is 16.6 Å². The zero-order valence-corrected chi connectivity index (χ0v) is 42.4. The Morgan fingerprint density at radius 2 is 0.597 bits per heavy atom. The molecule has 0 aliphatic carbocycles. The van der Waals surface area contributed by atoms with E-state index in [1.807, 2.05) is 18.2 Å². The van der Waals surface area contributed by atoms with Gasteiger partial charge in [-0.2, -0.15) is 0 Å². The van der Waals surface area contributed by atoms with Crippen LogP contribution >= 0.6 is 0 Å². The number of aromatic hydroxyl groups is 2. The molecule has 0 saturated carbocycles. The third-order valence-electron chi connectivity index (χ3n) is 10.0.